The Labute approximate surface area is 111 Å². The van der Waals surface area contributed by atoms with Crippen molar-refractivity contribution in [1.29, 1.82) is 0 Å². The molecule has 3 heteroatoms. The molecule has 3 nitrogen and oxygen atoms in total. The van der Waals surface area contributed by atoms with Gasteiger partial charge in [-0.15, -0.1) is 0 Å². The van der Waals surface area contributed by atoms with Gasteiger partial charge in [-0.3, -0.25) is 0 Å². The highest BCUT2D eigenvalue weighted by molar-refractivity contribution is 5.57. The monoisotopic (exact) mass is 256 g/mol. The van der Waals surface area contributed by atoms with Crippen LogP contribution in [0.15, 0.2) is 12.2 Å². The molecule has 0 radical (unpaired) electrons. The maximum Gasteiger partial charge on any atom is 0.506 e. The van der Waals surface area contributed by atoms with Gasteiger partial charge in [-0.25, -0.2) is 4.79 Å². The van der Waals surface area contributed by atoms with Crippen molar-refractivity contribution in [3.05, 3.63) is 12.2 Å². The van der Waals surface area contributed by atoms with Crippen molar-refractivity contribution in [2.24, 2.45) is 0 Å². The Hall–Kier alpha value is -0.990. The van der Waals surface area contributed by atoms with Gasteiger partial charge in [0, 0.05) is 0 Å². The minimum Gasteiger partial charge on any atom is -0.450 e. The third kappa shape index (κ3) is 10.2. The lowest BCUT2D eigenvalue weighted by Gasteiger charge is -2.15. The predicted molar refractivity (Wildman–Crippen MR) is 74.9 cm³/mol. The van der Waals surface area contributed by atoms with Gasteiger partial charge in [-0.1, -0.05) is 58.4 Å². The second-order valence-electron chi connectivity index (χ2n) is 4.98. The molecule has 0 bridgehead atoms. The van der Waals surface area contributed by atoms with Crippen LogP contribution in [-0.4, -0.2) is 17.4 Å². The molecule has 0 aliphatic heterocycles. The summed E-state index contributed by atoms with van der Waals surface area (Å²) in [5.41, 5.74) is 0.792. The first-order valence-electron chi connectivity index (χ1n) is 7.13. The lowest BCUT2D eigenvalue weighted by molar-refractivity contribution is 0.0612. The summed E-state index contributed by atoms with van der Waals surface area (Å²) in [6, 6.07) is 0. The predicted octanol–water partition coefficient (Wildman–Crippen LogP) is 5.16. The molecule has 18 heavy (non-hydrogen) atoms. The summed E-state index contributed by atoms with van der Waals surface area (Å²) >= 11 is 0. The fourth-order valence-electron chi connectivity index (χ4n) is 1.99. The first kappa shape index (κ1) is 17.0. The first-order chi connectivity index (χ1) is 8.57. The second-order valence-corrected chi connectivity index (χ2v) is 4.98. The maximum absolute atomic E-state index is 10.5. The van der Waals surface area contributed by atoms with Crippen LogP contribution in [0.3, 0.4) is 0 Å². The summed E-state index contributed by atoms with van der Waals surface area (Å²) in [7, 11) is 0. The zero-order chi connectivity index (χ0) is 13.8. The number of carboxylic acid groups (broad SMARTS) is 1. The topological polar surface area (TPSA) is 46.5 Å². The van der Waals surface area contributed by atoms with Crippen LogP contribution < -0.4 is 0 Å². The minimum atomic E-state index is -1.21. The molecular weight excluding hydrogens is 228 g/mol. The molecule has 0 aliphatic rings. The van der Waals surface area contributed by atoms with Gasteiger partial charge in [-0.2, -0.15) is 0 Å². The molecule has 106 valence electrons. The van der Waals surface area contributed by atoms with E-state index in [0.717, 1.165) is 24.8 Å². The third-order valence-electron chi connectivity index (χ3n) is 3.11. The molecule has 0 aromatic rings. The number of ether oxygens (including phenoxy) is 1. The smallest absolute Gasteiger partial charge is 0.450 e. The molecule has 0 heterocycles. The van der Waals surface area contributed by atoms with Crippen molar-refractivity contribution in [2.45, 2.75) is 77.7 Å². The van der Waals surface area contributed by atoms with E-state index in [1.54, 1.807) is 0 Å². The van der Waals surface area contributed by atoms with Crippen molar-refractivity contribution in [2.75, 3.05) is 0 Å². The fourth-order valence-corrected chi connectivity index (χ4v) is 1.99. The van der Waals surface area contributed by atoms with Gasteiger partial charge in [0.1, 0.15) is 6.10 Å². The average molecular weight is 256 g/mol. The highest BCUT2D eigenvalue weighted by Gasteiger charge is 2.13. The van der Waals surface area contributed by atoms with Crippen LogP contribution >= 0.6 is 0 Å². The van der Waals surface area contributed by atoms with Crippen molar-refractivity contribution in [1.82, 2.24) is 0 Å². The summed E-state index contributed by atoms with van der Waals surface area (Å²) in [6.07, 6.45) is 9.20. The zero-order valence-corrected chi connectivity index (χ0v) is 11.9. The van der Waals surface area contributed by atoms with E-state index in [2.05, 4.69) is 13.5 Å². The fraction of sp³-hybridized carbons (Fsp3) is 0.800. The maximum atomic E-state index is 10.5. The van der Waals surface area contributed by atoms with E-state index in [0.29, 0.717) is 0 Å². The number of rotatable bonds is 11. The van der Waals surface area contributed by atoms with Gasteiger partial charge in [0.05, 0.1) is 0 Å². The lowest BCUT2D eigenvalue weighted by atomic mass is 10.0. The second kappa shape index (κ2) is 11.1. The average Bonchev–Trinajstić information content (AvgIpc) is 2.30. The highest BCUT2D eigenvalue weighted by atomic mass is 16.7. The standard InChI is InChI=1S/C15H28O3/c1-4-5-6-7-8-9-10-11-12-14(13(2)3)18-15(16)17/h14H,2,4-12H2,1,3H3,(H,16,17). The number of carbonyl (C=O) groups is 1. The number of unbranched alkanes of at least 4 members (excludes halogenated alkanes) is 7. The van der Waals surface area contributed by atoms with Gasteiger partial charge in [0.25, 0.3) is 0 Å². The van der Waals surface area contributed by atoms with Crippen LogP contribution in [-0.2, 0) is 4.74 Å². The normalized spacial score (nSPS) is 12.1. The number of hydrogen-bond donors (Lipinski definition) is 1. The summed E-state index contributed by atoms with van der Waals surface area (Å²) in [5.74, 6) is 0. The van der Waals surface area contributed by atoms with Crippen molar-refractivity contribution >= 4 is 6.16 Å². The first-order valence-corrected chi connectivity index (χ1v) is 7.13. The molecule has 0 saturated heterocycles. The van der Waals surface area contributed by atoms with Gasteiger partial charge in [0.2, 0.25) is 0 Å². The molecule has 0 aliphatic carbocycles. The van der Waals surface area contributed by atoms with Gasteiger partial charge >= 0.3 is 6.16 Å². The summed E-state index contributed by atoms with van der Waals surface area (Å²) in [6.45, 7) is 7.81. The van der Waals surface area contributed by atoms with Crippen LogP contribution in [0.4, 0.5) is 4.79 Å². The molecule has 1 unspecified atom stereocenters. The lowest BCUT2D eigenvalue weighted by Crippen LogP contribution is -2.17. The Morgan fingerprint density at radius 1 is 1.11 bits per heavy atom. The summed E-state index contributed by atoms with van der Waals surface area (Å²) in [5, 5.41) is 8.59. The zero-order valence-electron chi connectivity index (χ0n) is 11.9. The van der Waals surface area contributed by atoms with Crippen LogP contribution in [0.25, 0.3) is 0 Å². The summed E-state index contributed by atoms with van der Waals surface area (Å²) < 4.78 is 4.79. The van der Waals surface area contributed by atoms with E-state index >= 15 is 0 Å². The van der Waals surface area contributed by atoms with Gasteiger partial charge < -0.3 is 9.84 Å². The van der Waals surface area contributed by atoms with E-state index < -0.39 is 6.16 Å². The van der Waals surface area contributed by atoms with Crippen molar-refractivity contribution in [3.63, 3.8) is 0 Å². The Bertz CT molecular complexity index is 236. The third-order valence-corrected chi connectivity index (χ3v) is 3.11. The Balaban J connectivity index is 3.49. The molecule has 0 rings (SSSR count). The number of hydrogen-bond acceptors (Lipinski definition) is 2. The highest BCUT2D eigenvalue weighted by Crippen LogP contribution is 2.15. The van der Waals surface area contributed by atoms with Crippen LogP contribution in [0, 0.1) is 0 Å². The van der Waals surface area contributed by atoms with E-state index in [1.807, 2.05) is 6.92 Å². The largest absolute Gasteiger partial charge is 0.506 e. The molecule has 0 amide bonds. The van der Waals surface area contributed by atoms with E-state index in [1.165, 1.54) is 38.5 Å². The Morgan fingerprint density at radius 3 is 2.06 bits per heavy atom. The van der Waals surface area contributed by atoms with E-state index in [4.69, 9.17) is 9.84 Å². The molecular formula is C15H28O3. The van der Waals surface area contributed by atoms with Gasteiger partial charge in [0.15, 0.2) is 0 Å². The molecule has 1 N–H and O–H groups in total. The van der Waals surface area contributed by atoms with Gasteiger partial charge in [-0.05, 0) is 25.3 Å². The molecule has 0 aromatic carbocycles. The molecule has 0 spiro atoms. The van der Waals surface area contributed by atoms with E-state index in [9.17, 15) is 4.79 Å². The van der Waals surface area contributed by atoms with Crippen LogP contribution in [0.5, 0.6) is 0 Å². The van der Waals surface area contributed by atoms with Crippen molar-refractivity contribution in [3.8, 4) is 0 Å². The Morgan fingerprint density at radius 2 is 1.61 bits per heavy atom. The van der Waals surface area contributed by atoms with Crippen molar-refractivity contribution < 1.29 is 14.6 Å². The van der Waals surface area contributed by atoms with Crippen LogP contribution in [0.2, 0.25) is 0 Å². The molecule has 1 atom stereocenters. The molecule has 0 saturated carbocycles. The molecule has 0 fully saturated rings. The van der Waals surface area contributed by atoms with Crippen LogP contribution in [0.1, 0.15) is 71.6 Å². The quantitative estimate of drug-likeness (QED) is 0.315. The summed E-state index contributed by atoms with van der Waals surface area (Å²) in [4.78, 5) is 10.5. The van der Waals surface area contributed by atoms with E-state index in [-0.39, 0.29) is 6.10 Å². The molecule has 0 aromatic heterocycles. The Kier molecular flexibility index (Phi) is 10.5. The minimum absolute atomic E-state index is 0.331. The SMILES string of the molecule is C=C(C)C(CCCCCCCCCC)OC(=O)O.